The van der Waals surface area contributed by atoms with Crippen molar-refractivity contribution < 1.29 is 24.7 Å². The predicted molar refractivity (Wildman–Crippen MR) is 109 cm³/mol. The summed E-state index contributed by atoms with van der Waals surface area (Å²) in [7, 11) is 0. The van der Waals surface area contributed by atoms with Crippen LogP contribution in [-0.4, -0.2) is 51.6 Å². The van der Waals surface area contributed by atoms with Crippen LogP contribution in [0.4, 0.5) is 0 Å². The number of likely N-dealkylation sites (tertiary alicyclic amines) is 1. The molecule has 3 amide bonds. The maximum absolute atomic E-state index is 13.2. The lowest BCUT2D eigenvalue weighted by atomic mass is 9.93. The van der Waals surface area contributed by atoms with Gasteiger partial charge in [-0.2, -0.15) is 0 Å². The zero-order valence-corrected chi connectivity index (χ0v) is 17.3. The fourth-order valence-corrected chi connectivity index (χ4v) is 4.58. The Hall–Kier alpha value is -2.45. The minimum atomic E-state index is -1.65. The Bertz CT molecular complexity index is 784. The van der Waals surface area contributed by atoms with Crippen LogP contribution >= 0.6 is 0 Å². The SMILES string of the molecule is CCCCC(C(=O)N1CCC[C@H]1C(=O)NC1CCc2ccccc21)C(O)C(=O)NO. The van der Waals surface area contributed by atoms with Crippen molar-refractivity contribution in [3.63, 3.8) is 0 Å². The zero-order chi connectivity index (χ0) is 21.7. The number of aryl methyl sites for hydroxylation is 1. The predicted octanol–water partition coefficient (Wildman–Crippen LogP) is 1.45. The van der Waals surface area contributed by atoms with E-state index in [0.29, 0.717) is 32.2 Å². The largest absolute Gasteiger partial charge is 0.382 e. The van der Waals surface area contributed by atoms with Crippen LogP contribution in [0.5, 0.6) is 0 Å². The maximum atomic E-state index is 13.2. The molecule has 4 atom stereocenters. The van der Waals surface area contributed by atoms with E-state index >= 15 is 0 Å². The number of hydrogen-bond acceptors (Lipinski definition) is 5. The highest BCUT2D eigenvalue weighted by Crippen LogP contribution is 2.32. The minimum absolute atomic E-state index is 0.0621. The smallest absolute Gasteiger partial charge is 0.272 e. The lowest BCUT2D eigenvalue weighted by Crippen LogP contribution is -2.52. The van der Waals surface area contributed by atoms with E-state index in [1.54, 1.807) is 0 Å². The number of unbranched alkanes of at least 4 members (excludes halogenated alkanes) is 1. The van der Waals surface area contributed by atoms with Gasteiger partial charge in [-0.25, -0.2) is 5.48 Å². The van der Waals surface area contributed by atoms with Crippen LogP contribution in [0.3, 0.4) is 0 Å². The van der Waals surface area contributed by atoms with Crippen molar-refractivity contribution in [3.8, 4) is 0 Å². The Balaban J connectivity index is 1.70. The first-order valence-corrected chi connectivity index (χ1v) is 10.8. The molecule has 1 aliphatic carbocycles. The molecule has 1 aromatic rings. The number of fused-ring (bicyclic) bond motifs is 1. The number of aliphatic hydroxyl groups excluding tert-OH is 1. The molecule has 0 spiro atoms. The third-order valence-electron chi connectivity index (χ3n) is 6.23. The number of nitrogens with one attached hydrogen (secondary N) is 2. The fraction of sp³-hybridized carbons (Fsp3) is 0.591. The highest BCUT2D eigenvalue weighted by Gasteiger charge is 2.41. The summed E-state index contributed by atoms with van der Waals surface area (Å²) in [6.45, 7) is 2.36. The number of carbonyl (C=O) groups is 3. The molecule has 0 radical (unpaired) electrons. The molecule has 2 aliphatic rings. The van der Waals surface area contributed by atoms with Crippen molar-refractivity contribution >= 4 is 17.7 Å². The Labute approximate surface area is 176 Å². The Morgan fingerprint density at radius 1 is 1.23 bits per heavy atom. The van der Waals surface area contributed by atoms with Gasteiger partial charge < -0.3 is 15.3 Å². The number of amides is 3. The summed E-state index contributed by atoms with van der Waals surface area (Å²) in [6.07, 6.45) is 3.08. The zero-order valence-electron chi connectivity index (χ0n) is 17.3. The van der Waals surface area contributed by atoms with Gasteiger partial charge in [0.1, 0.15) is 12.1 Å². The van der Waals surface area contributed by atoms with Gasteiger partial charge in [0, 0.05) is 6.54 Å². The van der Waals surface area contributed by atoms with Crippen molar-refractivity contribution in [1.82, 2.24) is 15.7 Å². The topological polar surface area (TPSA) is 119 Å². The molecule has 1 saturated heterocycles. The highest BCUT2D eigenvalue weighted by atomic mass is 16.5. The number of benzene rings is 1. The molecule has 0 saturated carbocycles. The van der Waals surface area contributed by atoms with Crippen LogP contribution in [0.2, 0.25) is 0 Å². The molecule has 164 valence electrons. The van der Waals surface area contributed by atoms with Crippen LogP contribution in [0, 0.1) is 5.92 Å². The van der Waals surface area contributed by atoms with Gasteiger partial charge in [0.25, 0.3) is 5.91 Å². The van der Waals surface area contributed by atoms with Crippen molar-refractivity contribution in [3.05, 3.63) is 35.4 Å². The molecule has 1 heterocycles. The molecule has 1 aliphatic heterocycles. The average Bonchev–Trinajstić information content (AvgIpc) is 3.40. The summed E-state index contributed by atoms with van der Waals surface area (Å²) in [5.74, 6) is -2.60. The van der Waals surface area contributed by atoms with E-state index in [1.807, 2.05) is 25.1 Å². The molecule has 4 N–H and O–H groups in total. The average molecular weight is 418 g/mol. The van der Waals surface area contributed by atoms with Crippen molar-refractivity contribution in [2.24, 2.45) is 5.92 Å². The molecule has 3 unspecified atom stereocenters. The monoisotopic (exact) mass is 417 g/mol. The Morgan fingerprint density at radius 3 is 2.73 bits per heavy atom. The second-order valence-corrected chi connectivity index (χ2v) is 8.16. The summed E-state index contributed by atoms with van der Waals surface area (Å²) in [5.41, 5.74) is 3.78. The van der Waals surface area contributed by atoms with Gasteiger partial charge >= 0.3 is 0 Å². The lowest BCUT2D eigenvalue weighted by Gasteiger charge is -2.30. The number of hydrogen-bond donors (Lipinski definition) is 4. The highest BCUT2D eigenvalue weighted by molar-refractivity contribution is 5.92. The summed E-state index contributed by atoms with van der Waals surface area (Å²) in [4.78, 5) is 39.5. The van der Waals surface area contributed by atoms with E-state index in [0.717, 1.165) is 24.8 Å². The minimum Gasteiger partial charge on any atom is -0.382 e. The number of aliphatic hydroxyl groups is 1. The van der Waals surface area contributed by atoms with Crippen LogP contribution in [-0.2, 0) is 20.8 Å². The number of hydroxylamine groups is 1. The van der Waals surface area contributed by atoms with Gasteiger partial charge in [-0.1, -0.05) is 44.0 Å². The summed E-state index contributed by atoms with van der Waals surface area (Å²) in [6, 6.07) is 7.37. The van der Waals surface area contributed by atoms with Gasteiger partial charge in [0.05, 0.1) is 12.0 Å². The summed E-state index contributed by atoms with van der Waals surface area (Å²) < 4.78 is 0. The lowest BCUT2D eigenvalue weighted by molar-refractivity contribution is -0.152. The third-order valence-corrected chi connectivity index (χ3v) is 6.23. The molecule has 8 nitrogen and oxygen atoms in total. The first kappa shape index (κ1) is 22.2. The van der Waals surface area contributed by atoms with Gasteiger partial charge in [-0.05, 0) is 43.2 Å². The van der Waals surface area contributed by atoms with Gasteiger partial charge in [-0.15, -0.1) is 0 Å². The van der Waals surface area contributed by atoms with Gasteiger partial charge in [-0.3, -0.25) is 19.6 Å². The van der Waals surface area contributed by atoms with E-state index in [2.05, 4.69) is 11.4 Å². The normalized spacial score (nSPS) is 22.3. The van der Waals surface area contributed by atoms with E-state index in [9.17, 15) is 19.5 Å². The summed E-state index contributed by atoms with van der Waals surface area (Å²) in [5, 5.41) is 22.2. The van der Waals surface area contributed by atoms with Crippen LogP contribution in [0.25, 0.3) is 0 Å². The number of carbonyl (C=O) groups excluding carboxylic acids is 3. The van der Waals surface area contributed by atoms with Gasteiger partial charge in [0.15, 0.2) is 0 Å². The Kier molecular flexibility index (Phi) is 7.44. The standard InChI is InChI=1S/C22H31N3O5/c1-2-3-8-16(19(26)21(28)24-30)22(29)25-13-6-10-18(25)20(27)23-17-12-11-14-7-4-5-9-15(14)17/h4-5,7,9,16-19,26,30H,2-3,6,8,10-13H2,1H3,(H,23,27)(H,24,28)/t16?,17?,18-,19?/m0/s1. The molecule has 0 bridgehead atoms. The molecule has 1 aromatic carbocycles. The second kappa shape index (κ2) is 10.0. The van der Waals surface area contributed by atoms with Crippen molar-refractivity contribution in [1.29, 1.82) is 0 Å². The molecular formula is C22H31N3O5. The van der Waals surface area contributed by atoms with Crippen LogP contribution in [0.1, 0.15) is 62.6 Å². The molecule has 30 heavy (non-hydrogen) atoms. The van der Waals surface area contributed by atoms with E-state index in [1.165, 1.54) is 15.9 Å². The molecule has 3 rings (SSSR count). The molecule has 0 aromatic heterocycles. The molecule has 8 heteroatoms. The molecular weight excluding hydrogens is 386 g/mol. The van der Waals surface area contributed by atoms with Crippen molar-refractivity contribution in [2.45, 2.75) is 70.1 Å². The quantitative estimate of drug-likeness (QED) is 0.377. The van der Waals surface area contributed by atoms with E-state index < -0.39 is 29.9 Å². The third kappa shape index (κ3) is 4.65. The van der Waals surface area contributed by atoms with E-state index in [-0.39, 0.29) is 11.9 Å². The Morgan fingerprint density at radius 2 is 2.00 bits per heavy atom. The fourth-order valence-electron chi connectivity index (χ4n) is 4.58. The van der Waals surface area contributed by atoms with E-state index in [4.69, 9.17) is 5.21 Å². The number of nitrogens with zero attached hydrogens (tertiary/aromatic N) is 1. The summed E-state index contributed by atoms with van der Waals surface area (Å²) >= 11 is 0. The van der Waals surface area contributed by atoms with Gasteiger partial charge in [0.2, 0.25) is 11.8 Å². The first-order valence-electron chi connectivity index (χ1n) is 10.8. The maximum Gasteiger partial charge on any atom is 0.272 e. The van der Waals surface area contributed by atoms with Crippen molar-refractivity contribution in [2.75, 3.05) is 6.54 Å². The number of rotatable bonds is 8. The second-order valence-electron chi connectivity index (χ2n) is 8.16. The molecule has 1 fully saturated rings. The van der Waals surface area contributed by atoms with Crippen LogP contribution in [0.15, 0.2) is 24.3 Å². The van der Waals surface area contributed by atoms with Crippen LogP contribution < -0.4 is 10.8 Å². The first-order chi connectivity index (χ1) is 14.5.